The fourth-order valence-corrected chi connectivity index (χ4v) is 2.09. The zero-order valence-electron chi connectivity index (χ0n) is 9.02. The van der Waals surface area contributed by atoms with E-state index in [1.807, 2.05) is 25.3 Å². The maximum atomic E-state index is 10.7. The van der Waals surface area contributed by atoms with Gasteiger partial charge >= 0.3 is 6.09 Å². The Balaban J connectivity index is 2.93. The predicted octanol–water partition coefficient (Wildman–Crippen LogP) is 2.78. The molecule has 82 valence electrons. The van der Waals surface area contributed by atoms with Crippen LogP contribution in [0, 0.1) is 6.92 Å². The molecule has 0 fully saturated rings. The average molecular weight is 226 g/mol. The molecule has 1 heterocycles. The first-order chi connectivity index (χ1) is 7.06. The van der Waals surface area contributed by atoms with E-state index in [1.165, 1.54) is 0 Å². The molecule has 0 radical (unpaired) electrons. The van der Waals surface area contributed by atoms with E-state index in [-0.39, 0.29) is 0 Å². The van der Waals surface area contributed by atoms with Gasteiger partial charge in [-0.2, -0.15) is 10.1 Å². The smallest absolute Gasteiger partial charge is 0.427 e. The van der Waals surface area contributed by atoms with Crippen molar-refractivity contribution in [2.24, 2.45) is 5.10 Å². The highest BCUT2D eigenvalue weighted by Crippen LogP contribution is 2.16. The van der Waals surface area contributed by atoms with Gasteiger partial charge in [-0.25, -0.2) is 4.79 Å². The summed E-state index contributed by atoms with van der Waals surface area (Å²) >= 11 is 1.57. The van der Waals surface area contributed by atoms with Gasteiger partial charge in [-0.15, -0.1) is 11.3 Å². The summed E-state index contributed by atoms with van der Waals surface area (Å²) in [6.45, 7) is 5.93. The van der Waals surface area contributed by atoms with Crippen LogP contribution in [0.1, 0.15) is 24.3 Å². The van der Waals surface area contributed by atoms with Crippen LogP contribution in [0.25, 0.3) is 0 Å². The molecular formula is C10H14N2O2S. The summed E-state index contributed by atoms with van der Waals surface area (Å²) in [6.07, 6.45) is -1.02. The van der Waals surface area contributed by atoms with E-state index in [2.05, 4.69) is 5.10 Å². The van der Waals surface area contributed by atoms with E-state index in [4.69, 9.17) is 5.11 Å². The van der Waals surface area contributed by atoms with Crippen LogP contribution in [-0.2, 0) is 0 Å². The average Bonchev–Trinajstić information content (AvgIpc) is 2.60. The summed E-state index contributed by atoms with van der Waals surface area (Å²) in [7, 11) is 0. The summed E-state index contributed by atoms with van der Waals surface area (Å²) in [5, 5.41) is 15.9. The van der Waals surface area contributed by atoms with Crippen molar-refractivity contribution in [3.8, 4) is 0 Å². The molecule has 0 unspecified atom stereocenters. The van der Waals surface area contributed by atoms with Crippen molar-refractivity contribution in [2.45, 2.75) is 20.8 Å². The van der Waals surface area contributed by atoms with Gasteiger partial charge in [0.2, 0.25) is 0 Å². The largest absolute Gasteiger partial charge is 0.464 e. The number of carbonyl (C=O) groups is 1. The van der Waals surface area contributed by atoms with Gasteiger partial charge < -0.3 is 5.11 Å². The van der Waals surface area contributed by atoms with Gasteiger partial charge in [0.05, 0.1) is 10.6 Å². The van der Waals surface area contributed by atoms with Gasteiger partial charge in [-0.1, -0.05) is 0 Å². The molecule has 0 saturated carbocycles. The Hall–Kier alpha value is -1.36. The molecule has 0 atom stereocenters. The van der Waals surface area contributed by atoms with Crippen LogP contribution in [0.5, 0.6) is 0 Å². The molecule has 1 aromatic rings. The number of nitrogens with zero attached hydrogens (tertiary/aromatic N) is 2. The zero-order chi connectivity index (χ0) is 11.4. The molecule has 1 N–H and O–H groups in total. The topological polar surface area (TPSA) is 52.9 Å². The first-order valence-electron chi connectivity index (χ1n) is 4.66. The van der Waals surface area contributed by atoms with Crippen molar-refractivity contribution in [2.75, 3.05) is 6.54 Å². The van der Waals surface area contributed by atoms with E-state index in [9.17, 15) is 4.79 Å². The Kier molecular flexibility index (Phi) is 3.85. The molecular weight excluding hydrogens is 212 g/mol. The minimum atomic E-state index is -1.02. The molecule has 0 spiro atoms. The number of carboxylic acid groups (broad SMARTS) is 1. The monoisotopic (exact) mass is 226 g/mol. The predicted molar refractivity (Wildman–Crippen MR) is 61.7 cm³/mol. The lowest BCUT2D eigenvalue weighted by Crippen LogP contribution is -2.24. The first-order valence-corrected chi connectivity index (χ1v) is 5.54. The van der Waals surface area contributed by atoms with Crippen LogP contribution >= 0.6 is 11.3 Å². The van der Waals surface area contributed by atoms with Crippen LogP contribution in [0.2, 0.25) is 0 Å². The third-order valence-corrected chi connectivity index (χ3v) is 3.11. The summed E-state index contributed by atoms with van der Waals surface area (Å²) in [4.78, 5) is 11.8. The lowest BCUT2D eigenvalue weighted by molar-refractivity contribution is 0.149. The van der Waals surface area contributed by atoms with E-state index in [1.54, 1.807) is 18.3 Å². The second-order valence-corrected chi connectivity index (χ2v) is 4.03. The van der Waals surface area contributed by atoms with Gasteiger partial charge in [0, 0.05) is 6.54 Å². The maximum absolute atomic E-state index is 10.7. The van der Waals surface area contributed by atoms with Gasteiger partial charge in [0.1, 0.15) is 0 Å². The SMILES string of the molecule is CCN(N=C(C)c1sccc1C)C(=O)O. The molecule has 0 aliphatic rings. The Morgan fingerprint density at radius 3 is 2.73 bits per heavy atom. The Morgan fingerprint density at radius 1 is 1.67 bits per heavy atom. The molecule has 15 heavy (non-hydrogen) atoms. The summed E-state index contributed by atoms with van der Waals surface area (Å²) in [6, 6.07) is 2.00. The van der Waals surface area contributed by atoms with Crippen LogP contribution in [0.4, 0.5) is 4.79 Å². The maximum Gasteiger partial charge on any atom is 0.427 e. The molecule has 0 bridgehead atoms. The van der Waals surface area contributed by atoms with Crippen LogP contribution < -0.4 is 0 Å². The van der Waals surface area contributed by atoms with Gasteiger partial charge in [-0.3, -0.25) is 0 Å². The fraction of sp³-hybridized carbons (Fsp3) is 0.400. The fourth-order valence-electron chi connectivity index (χ4n) is 1.22. The van der Waals surface area contributed by atoms with Crippen molar-refractivity contribution in [3.05, 3.63) is 21.9 Å². The zero-order valence-corrected chi connectivity index (χ0v) is 9.84. The Labute approximate surface area is 92.8 Å². The van der Waals surface area contributed by atoms with E-state index >= 15 is 0 Å². The number of rotatable bonds is 3. The number of hydrazone groups is 1. The lowest BCUT2D eigenvalue weighted by atomic mass is 10.2. The van der Waals surface area contributed by atoms with E-state index < -0.39 is 6.09 Å². The van der Waals surface area contributed by atoms with Gasteiger partial charge in [0.25, 0.3) is 0 Å². The molecule has 0 aliphatic carbocycles. The number of hydrogen-bond acceptors (Lipinski definition) is 3. The van der Waals surface area contributed by atoms with Crippen molar-refractivity contribution < 1.29 is 9.90 Å². The molecule has 1 amide bonds. The van der Waals surface area contributed by atoms with Crippen molar-refractivity contribution >= 4 is 23.1 Å². The number of amides is 1. The summed E-state index contributed by atoms with van der Waals surface area (Å²) in [5.74, 6) is 0. The number of hydrogen-bond donors (Lipinski definition) is 1. The minimum Gasteiger partial charge on any atom is -0.464 e. The standard InChI is InChI=1S/C10H14N2O2S/c1-4-12(10(13)14)11-8(3)9-7(2)5-6-15-9/h5-6H,4H2,1-3H3,(H,13,14). The molecule has 1 rings (SSSR count). The second-order valence-electron chi connectivity index (χ2n) is 3.12. The third-order valence-electron chi connectivity index (χ3n) is 1.98. The van der Waals surface area contributed by atoms with Crippen LogP contribution in [0.3, 0.4) is 0 Å². The molecule has 0 aliphatic heterocycles. The number of thiophene rings is 1. The van der Waals surface area contributed by atoms with Crippen LogP contribution in [0.15, 0.2) is 16.5 Å². The molecule has 4 nitrogen and oxygen atoms in total. The first kappa shape index (κ1) is 11.7. The highest BCUT2D eigenvalue weighted by molar-refractivity contribution is 7.12. The van der Waals surface area contributed by atoms with Gasteiger partial charge in [0.15, 0.2) is 0 Å². The third kappa shape index (κ3) is 2.79. The van der Waals surface area contributed by atoms with Crippen molar-refractivity contribution in [1.82, 2.24) is 5.01 Å². The normalized spacial score (nSPS) is 11.5. The second kappa shape index (κ2) is 4.93. The summed E-state index contributed by atoms with van der Waals surface area (Å²) in [5.41, 5.74) is 1.87. The quantitative estimate of drug-likeness (QED) is 0.636. The van der Waals surface area contributed by atoms with Crippen molar-refractivity contribution in [3.63, 3.8) is 0 Å². The minimum absolute atomic E-state index is 0.358. The van der Waals surface area contributed by atoms with Crippen LogP contribution in [-0.4, -0.2) is 28.5 Å². The summed E-state index contributed by atoms with van der Waals surface area (Å²) < 4.78 is 0. The molecule has 0 aromatic carbocycles. The lowest BCUT2D eigenvalue weighted by Gasteiger charge is -2.11. The Bertz CT molecular complexity index is 385. The highest BCUT2D eigenvalue weighted by Gasteiger charge is 2.10. The molecule has 1 aromatic heterocycles. The van der Waals surface area contributed by atoms with Gasteiger partial charge in [-0.05, 0) is 37.8 Å². The van der Waals surface area contributed by atoms with E-state index in [0.29, 0.717) is 6.54 Å². The molecule has 5 heteroatoms. The highest BCUT2D eigenvalue weighted by atomic mass is 32.1. The number of aryl methyl sites for hydroxylation is 1. The van der Waals surface area contributed by atoms with E-state index in [0.717, 1.165) is 21.2 Å². The molecule has 0 saturated heterocycles. The Morgan fingerprint density at radius 2 is 2.33 bits per heavy atom. The van der Waals surface area contributed by atoms with Crippen molar-refractivity contribution in [1.29, 1.82) is 0 Å².